The van der Waals surface area contributed by atoms with Gasteiger partial charge in [-0.15, -0.1) is 0 Å². The summed E-state index contributed by atoms with van der Waals surface area (Å²) in [5.74, 6) is 0. The van der Waals surface area contributed by atoms with Crippen molar-refractivity contribution >= 4 is 60.5 Å². The van der Waals surface area contributed by atoms with Crippen molar-refractivity contribution in [2.45, 2.75) is 5.41 Å². The maximum Gasteiger partial charge on any atom is 0.135 e. The number of nitrogens with zero attached hydrogens (tertiary/aromatic N) is 1. The van der Waals surface area contributed by atoms with E-state index in [-0.39, 0.29) is 0 Å². The zero-order valence-electron chi connectivity index (χ0n) is 32.2. The quantitative estimate of drug-likeness (QED) is 0.157. The lowest BCUT2D eigenvalue weighted by Crippen LogP contribution is -2.28. The Morgan fingerprint density at radius 1 is 0.339 bits per heavy atom. The predicted octanol–water partition coefficient (Wildman–Crippen LogP) is 15.4. The monoisotopic (exact) mass is 751 g/mol. The van der Waals surface area contributed by atoms with Crippen LogP contribution in [0.2, 0.25) is 0 Å². The summed E-state index contributed by atoms with van der Waals surface area (Å²) >= 11 is 0. The molecule has 0 saturated carbocycles. The standard InChI is InChI=1S/C57H37NO/c1-2-17-41(18-3-1)57(52-26-11-8-22-47(52)48-23-9-12-27-53(48)57)42-30-32-43(33-31-42)58(54-37-40-15-4-5-20-45(40)46-21-6-7-24-49(46)54)44-19-14-16-38(35-44)39-29-34-56-51(36-39)50-25-10-13-28-55(50)59-56/h1-37H. The van der Waals surface area contributed by atoms with Gasteiger partial charge in [0.2, 0.25) is 0 Å². The fourth-order valence-electron chi connectivity index (χ4n) is 9.95. The van der Waals surface area contributed by atoms with Crippen LogP contribution in [0.3, 0.4) is 0 Å². The summed E-state index contributed by atoms with van der Waals surface area (Å²) in [6, 6.07) is 82.0. The molecule has 0 radical (unpaired) electrons. The largest absolute Gasteiger partial charge is 0.456 e. The number of hydrogen-bond acceptors (Lipinski definition) is 2. The maximum atomic E-state index is 6.21. The molecule has 1 aliphatic carbocycles. The van der Waals surface area contributed by atoms with E-state index in [2.05, 4.69) is 217 Å². The van der Waals surface area contributed by atoms with Crippen LogP contribution in [0.25, 0.3) is 65.7 Å². The molecule has 0 unspecified atom stereocenters. The molecule has 10 aromatic carbocycles. The molecule has 1 heterocycles. The van der Waals surface area contributed by atoms with Crippen LogP contribution in [0.15, 0.2) is 229 Å². The molecular weight excluding hydrogens is 715 g/mol. The number of hydrogen-bond donors (Lipinski definition) is 0. The lowest BCUT2D eigenvalue weighted by Gasteiger charge is -2.34. The van der Waals surface area contributed by atoms with Crippen molar-refractivity contribution in [2.75, 3.05) is 4.90 Å². The van der Waals surface area contributed by atoms with Crippen molar-refractivity contribution in [3.05, 3.63) is 247 Å². The summed E-state index contributed by atoms with van der Waals surface area (Å²) in [5.41, 5.74) is 14.6. The minimum absolute atomic E-state index is 0.469. The topological polar surface area (TPSA) is 16.4 Å². The number of anilines is 3. The molecule has 0 spiro atoms. The molecule has 0 fully saturated rings. The minimum atomic E-state index is -0.469. The third-order valence-corrected chi connectivity index (χ3v) is 12.5. The van der Waals surface area contributed by atoms with Crippen molar-refractivity contribution in [2.24, 2.45) is 0 Å². The maximum absolute atomic E-state index is 6.21. The molecule has 2 nitrogen and oxygen atoms in total. The second-order valence-electron chi connectivity index (χ2n) is 15.6. The molecule has 0 amide bonds. The molecule has 12 rings (SSSR count). The smallest absolute Gasteiger partial charge is 0.135 e. The Hall–Kier alpha value is -7.68. The molecule has 2 heteroatoms. The second kappa shape index (κ2) is 13.2. The number of fused-ring (bicyclic) bond motifs is 9. The third-order valence-electron chi connectivity index (χ3n) is 12.5. The zero-order chi connectivity index (χ0) is 38.9. The van der Waals surface area contributed by atoms with Gasteiger partial charge in [0.25, 0.3) is 0 Å². The van der Waals surface area contributed by atoms with Crippen LogP contribution in [0.4, 0.5) is 17.1 Å². The van der Waals surface area contributed by atoms with E-state index in [9.17, 15) is 0 Å². The highest BCUT2D eigenvalue weighted by Crippen LogP contribution is 2.56. The van der Waals surface area contributed by atoms with Crippen molar-refractivity contribution in [3.63, 3.8) is 0 Å². The average molecular weight is 752 g/mol. The summed E-state index contributed by atoms with van der Waals surface area (Å²) < 4.78 is 6.21. The van der Waals surface area contributed by atoms with Crippen molar-refractivity contribution < 1.29 is 4.42 Å². The number of rotatable bonds is 6. The van der Waals surface area contributed by atoms with Gasteiger partial charge in [0.15, 0.2) is 0 Å². The Labute approximate surface area is 342 Å². The molecule has 59 heavy (non-hydrogen) atoms. The van der Waals surface area contributed by atoms with Gasteiger partial charge in [-0.1, -0.05) is 176 Å². The van der Waals surface area contributed by atoms with Crippen LogP contribution in [0, 0.1) is 0 Å². The first kappa shape index (κ1) is 33.5. The first-order valence-electron chi connectivity index (χ1n) is 20.3. The molecule has 0 aliphatic heterocycles. The molecule has 0 atom stereocenters. The summed E-state index contributed by atoms with van der Waals surface area (Å²) in [7, 11) is 0. The van der Waals surface area contributed by atoms with E-state index in [1.54, 1.807) is 0 Å². The summed E-state index contributed by atoms with van der Waals surface area (Å²) in [6.07, 6.45) is 0. The number of benzene rings is 10. The first-order chi connectivity index (χ1) is 29.3. The van der Waals surface area contributed by atoms with Crippen LogP contribution in [0.1, 0.15) is 22.3 Å². The van der Waals surface area contributed by atoms with Gasteiger partial charge in [0.05, 0.1) is 11.1 Å². The molecule has 0 N–H and O–H groups in total. The Morgan fingerprint density at radius 2 is 0.932 bits per heavy atom. The van der Waals surface area contributed by atoms with Gasteiger partial charge < -0.3 is 9.32 Å². The molecule has 276 valence electrons. The van der Waals surface area contributed by atoms with Gasteiger partial charge >= 0.3 is 0 Å². The van der Waals surface area contributed by atoms with Gasteiger partial charge in [-0.05, 0) is 109 Å². The van der Waals surface area contributed by atoms with E-state index in [4.69, 9.17) is 4.42 Å². The van der Waals surface area contributed by atoms with E-state index in [1.807, 2.05) is 12.1 Å². The fraction of sp³-hybridized carbons (Fsp3) is 0.0175. The van der Waals surface area contributed by atoms with E-state index in [0.717, 1.165) is 50.1 Å². The lowest BCUT2D eigenvalue weighted by molar-refractivity contribution is 0.669. The fourth-order valence-corrected chi connectivity index (χ4v) is 9.95. The molecule has 0 bridgehead atoms. The summed E-state index contributed by atoms with van der Waals surface area (Å²) in [4.78, 5) is 2.44. The summed E-state index contributed by atoms with van der Waals surface area (Å²) in [6.45, 7) is 0. The normalized spacial score (nSPS) is 12.9. The molecule has 11 aromatic rings. The minimum Gasteiger partial charge on any atom is -0.456 e. The third kappa shape index (κ3) is 5.06. The highest BCUT2D eigenvalue weighted by Gasteiger charge is 2.45. The Morgan fingerprint density at radius 3 is 1.71 bits per heavy atom. The highest BCUT2D eigenvalue weighted by atomic mass is 16.3. The van der Waals surface area contributed by atoms with E-state index in [1.165, 1.54) is 54.9 Å². The Kier molecular flexibility index (Phi) is 7.48. The van der Waals surface area contributed by atoms with Crippen molar-refractivity contribution in [1.82, 2.24) is 0 Å². The van der Waals surface area contributed by atoms with Crippen molar-refractivity contribution in [3.8, 4) is 22.3 Å². The van der Waals surface area contributed by atoms with Crippen LogP contribution >= 0.6 is 0 Å². The van der Waals surface area contributed by atoms with Crippen LogP contribution in [-0.2, 0) is 5.41 Å². The predicted molar refractivity (Wildman–Crippen MR) is 246 cm³/mol. The second-order valence-corrected chi connectivity index (χ2v) is 15.6. The van der Waals surface area contributed by atoms with Gasteiger partial charge in [-0.25, -0.2) is 0 Å². The van der Waals surface area contributed by atoms with E-state index >= 15 is 0 Å². The molecular formula is C57H37NO. The average Bonchev–Trinajstić information content (AvgIpc) is 3.83. The molecule has 1 aromatic heterocycles. The van der Waals surface area contributed by atoms with Crippen LogP contribution < -0.4 is 4.90 Å². The van der Waals surface area contributed by atoms with Crippen LogP contribution in [-0.4, -0.2) is 0 Å². The molecule has 0 saturated heterocycles. The van der Waals surface area contributed by atoms with Gasteiger partial charge in [-0.2, -0.15) is 0 Å². The Bertz CT molecular complexity index is 3350. The summed E-state index contributed by atoms with van der Waals surface area (Å²) in [5, 5.41) is 7.15. The Balaban J connectivity index is 1.07. The van der Waals surface area contributed by atoms with Gasteiger partial charge in [-0.3, -0.25) is 0 Å². The van der Waals surface area contributed by atoms with Crippen molar-refractivity contribution in [1.29, 1.82) is 0 Å². The molecule has 1 aliphatic rings. The zero-order valence-corrected chi connectivity index (χ0v) is 32.2. The number of furan rings is 1. The van der Waals surface area contributed by atoms with E-state index < -0.39 is 5.41 Å². The van der Waals surface area contributed by atoms with Crippen LogP contribution in [0.5, 0.6) is 0 Å². The SMILES string of the molecule is c1ccc(C2(c3ccc(N(c4cccc(-c5ccc6oc7ccccc7c6c5)c4)c4cc5ccccc5c5ccccc45)cc3)c3ccccc3-c3ccccc32)cc1. The number of para-hydroxylation sites is 1. The first-order valence-corrected chi connectivity index (χ1v) is 20.3. The van der Waals surface area contributed by atoms with Gasteiger partial charge in [0, 0.05) is 27.5 Å². The highest BCUT2D eigenvalue weighted by molar-refractivity contribution is 6.14. The lowest BCUT2D eigenvalue weighted by atomic mass is 9.68. The van der Waals surface area contributed by atoms with E-state index in [0.29, 0.717) is 0 Å². The van der Waals surface area contributed by atoms with Gasteiger partial charge in [0.1, 0.15) is 11.2 Å².